The van der Waals surface area contributed by atoms with Gasteiger partial charge in [0.1, 0.15) is 5.75 Å². The van der Waals surface area contributed by atoms with E-state index in [1.54, 1.807) is 31.8 Å². The van der Waals surface area contributed by atoms with E-state index in [4.69, 9.17) is 10.5 Å². The van der Waals surface area contributed by atoms with E-state index in [1.807, 2.05) is 12.1 Å². The lowest BCUT2D eigenvalue weighted by atomic mass is 10.1. The number of methoxy groups -OCH3 is 1. The lowest BCUT2D eigenvalue weighted by Gasteiger charge is -2.07. The molecule has 0 radical (unpaired) electrons. The van der Waals surface area contributed by atoms with E-state index in [0.717, 1.165) is 11.3 Å². The average molecular weight is 201 g/mol. The number of aromatic nitrogens is 2. The summed E-state index contributed by atoms with van der Waals surface area (Å²) in [6.45, 7) is 0. The van der Waals surface area contributed by atoms with Gasteiger partial charge in [0.15, 0.2) is 0 Å². The van der Waals surface area contributed by atoms with Crippen molar-refractivity contribution in [1.29, 1.82) is 0 Å². The Morgan fingerprint density at radius 3 is 2.80 bits per heavy atom. The molecular formula is C11H11N3O. The molecule has 0 aliphatic heterocycles. The molecule has 0 aliphatic carbocycles. The molecule has 0 bridgehead atoms. The Morgan fingerprint density at radius 1 is 1.27 bits per heavy atom. The van der Waals surface area contributed by atoms with Crippen LogP contribution in [-0.2, 0) is 0 Å². The Hall–Kier alpha value is -2.10. The summed E-state index contributed by atoms with van der Waals surface area (Å²) in [5.41, 5.74) is 7.99. The molecule has 0 spiro atoms. The summed E-state index contributed by atoms with van der Waals surface area (Å²) in [6, 6.07) is 5.45. The van der Waals surface area contributed by atoms with Crippen molar-refractivity contribution in [2.45, 2.75) is 0 Å². The van der Waals surface area contributed by atoms with Gasteiger partial charge in [-0.05, 0) is 12.1 Å². The molecule has 2 N–H and O–H groups in total. The van der Waals surface area contributed by atoms with Gasteiger partial charge in [-0.3, -0.25) is 9.97 Å². The summed E-state index contributed by atoms with van der Waals surface area (Å²) in [4.78, 5) is 8.21. The molecule has 0 atom stereocenters. The lowest BCUT2D eigenvalue weighted by Crippen LogP contribution is -1.93. The number of nitrogens with two attached hydrogens (primary N) is 1. The van der Waals surface area contributed by atoms with E-state index in [0.29, 0.717) is 11.4 Å². The van der Waals surface area contributed by atoms with Crippen LogP contribution in [0.3, 0.4) is 0 Å². The van der Waals surface area contributed by atoms with Gasteiger partial charge in [-0.25, -0.2) is 0 Å². The van der Waals surface area contributed by atoms with Crippen molar-refractivity contribution in [3.63, 3.8) is 0 Å². The first-order valence-electron chi connectivity index (χ1n) is 4.51. The SMILES string of the molecule is COc1cc(N)ccc1-c1cnccn1. The third-order valence-corrected chi connectivity index (χ3v) is 2.06. The Labute approximate surface area is 87.7 Å². The van der Waals surface area contributed by atoms with E-state index >= 15 is 0 Å². The average Bonchev–Trinajstić information content (AvgIpc) is 2.30. The van der Waals surface area contributed by atoms with Gasteiger partial charge in [-0.15, -0.1) is 0 Å². The van der Waals surface area contributed by atoms with E-state index in [1.165, 1.54) is 0 Å². The summed E-state index contributed by atoms with van der Waals surface area (Å²) < 4.78 is 5.23. The highest BCUT2D eigenvalue weighted by molar-refractivity contribution is 5.69. The molecule has 4 nitrogen and oxygen atoms in total. The third kappa shape index (κ3) is 1.88. The molecule has 0 unspecified atom stereocenters. The summed E-state index contributed by atoms with van der Waals surface area (Å²) in [7, 11) is 1.61. The van der Waals surface area contributed by atoms with E-state index in [2.05, 4.69) is 9.97 Å². The molecule has 0 aliphatic rings. The predicted octanol–water partition coefficient (Wildman–Crippen LogP) is 1.73. The molecular weight excluding hydrogens is 190 g/mol. The van der Waals surface area contributed by atoms with Crippen molar-refractivity contribution in [3.05, 3.63) is 36.8 Å². The monoisotopic (exact) mass is 201 g/mol. The van der Waals surface area contributed by atoms with Gasteiger partial charge in [-0.2, -0.15) is 0 Å². The van der Waals surface area contributed by atoms with Crippen molar-refractivity contribution < 1.29 is 4.74 Å². The van der Waals surface area contributed by atoms with Gasteiger partial charge < -0.3 is 10.5 Å². The molecule has 1 aromatic carbocycles. The van der Waals surface area contributed by atoms with Crippen LogP contribution in [0.15, 0.2) is 36.8 Å². The van der Waals surface area contributed by atoms with Crippen molar-refractivity contribution in [2.24, 2.45) is 0 Å². The summed E-state index contributed by atoms with van der Waals surface area (Å²) in [5.74, 6) is 0.704. The zero-order valence-corrected chi connectivity index (χ0v) is 8.34. The van der Waals surface area contributed by atoms with Gasteiger partial charge in [-0.1, -0.05) is 0 Å². The van der Waals surface area contributed by atoms with Crippen LogP contribution in [0.5, 0.6) is 5.75 Å². The molecule has 0 saturated heterocycles. The number of ether oxygens (including phenoxy) is 1. The first-order chi connectivity index (χ1) is 7.31. The van der Waals surface area contributed by atoms with E-state index in [9.17, 15) is 0 Å². The topological polar surface area (TPSA) is 61.0 Å². The van der Waals surface area contributed by atoms with Crippen molar-refractivity contribution in [3.8, 4) is 17.0 Å². The number of nitrogens with zero attached hydrogens (tertiary/aromatic N) is 2. The van der Waals surface area contributed by atoms with Crippen LogP contribution < -0.4 is 10.5 Å². The predicted molar refractivity (Wildman–Crippen MR) is 58.4 cm³/mol. The number of anilines is 1. The molecule has 76 valence electrons. The fraction of sp³-hybridized carbons (Fsp3) is 0.0909. The summed E-state index contributed by atoms with van der Waals surface area (Å²) >= 11 is 0. The van der Waals surface area contributed by atoms with Gasteiger partial charge >= 0.3 is 0 Å². The molecule has 0 amide bonds. The minimum absolute atomic E-state index is 0.666. The molecule has 2 aromatic rings. The zero-order chi connectivity index (χ0) is 10.7. The molecule has 0 saturated carbocycles. The van der Waals surface area contributed by atoms with Crippen LogP contribution >= 0.6 is 0 Å². The zero-order valence-electron chi connectivity index (χ0n) is 8.34. The molecule has 1 aromatic heterocycles. The number of benzene rings is 1. The van der Waals surface area contributed by atoms with Crippen LogP contribution in [0, 0.1) is 0 Å². The van der Waals surface area contributed by atoms with Crippen molar-refractivity contribution >= 4 is 5.69 Å². The summed E-state index contributed by atoms with van der Waals surface area (Å²) in [6.07, 6.45) is 4.96. The van der Waals surface area contributed by atoms with E-state index < -0.39 is 0 Å². The Balaban J connectivity index is 2.53. The smallest absolute Gasteiger partial charge is 0.130 e. The standard InChI is InChI=1S/C11H11N3O/c1-15-11-6-8(12)2-3-9(11)10-7-13-4-5-14-10/h2-7H,12H2,1H3. The second kappa shape index (κ2) is 3.96. The Morgan fingerprint density at radius 2 is 2.13 bits per heavy atom. The quantitative estimate of drug-likeness (QED) is 0.752. The van der Waals surface area contributed by atoms with Crippen molar-refractivity contribution in [2.75, 3.05) is 12.8 Å². The number of nitrogen functional groups attached to an aromatic ring is 1. The van der Waals surface area contributed by atoms with E-state index in [-0.39, 0.29) is 0 Å². The molecule has 4 heteroatoms. The first kappa shape index (κ1) is 9.45. The second-order valence-electron chi connectivity index (χ2n) is 3.05. The maximum Gasteiger partial charge on any atom is 0.130 e. The fourth-order valence-corrected chi connectivity index (χ4v) is 1.36. The molecule has 2 rings (SSSR count). The maximum atomic E-state index is 5.67. The highest BCUT2D eigenvalue weighted by Gasteiger charge is 2.06. The summed E-state index contributed by atoms with van der Waals surface area (Å²) in [5, 5.41) is 0. The van der Waals surface area contributed by atoms with Crippen LogP contribution in [0.1, 0.15) is 0 Å². The molecule has 1 heterocycles. The van der Waals surface area contributed by atoms with Gasteiger partial charge in [0.05, 0.1) is 19.0 Å². The van der Waals surface area contributed by atoms with Gasteiger partial charge in [0, 0.05) is 29.7 Å². The normalized spacial score (nSPS) is 9.93. The highest BCUT2D eigenvalue weighted by atomic mass is 16.5. The van der Waals surface area contributed by atoms with Gasteiger partial charge in [0.25, 0.3) is 0 Å². The third-order valence-electron chi connectivity index (χ3n) is 2.06. The van der Waals surface area contributed by atoms with Gasteiger partial charge in [0.2, 0.25) is 0 Å². The minimum Gasteiger partial charge on any atom is -0.496 e. The van der Waals surface area contributed by atoms with Crippen LogP contribution in [-0.4, -0.2) is 17.1 Å². The lowest BCUT2D eigenvalue weighted by molar-refractivity contribution is 0.416. The number of hydrogen-bond acceptors (Lipinski definition) is 4. The van der Waals surface area contributed by atoms with Crippen LogP contribution in [0.4, 0.5) is 5.69 Å². The minimum atomic E-state index is 0.666. The van der Waals surface area contributed by atoms with Crippen LogP contribution in [0.2, 0.25) is 0 Å². The number of hydrogen-bond donors (Lipinski definition) is 1. The molecule has 0 fully saturated rings. The Kier molecular flexibility index (Phi) is 2.49. The fourth-order valence-electron chi connectivity index (χ4n) is 1.36. The Bertz CT molecular complexity index is 457. The van der Waals surface area contributed by atoms with Crippen molar-refractivity contribution in [1.82, 2.24) is 9.97 Å². The number of rotatable bonds is 2. The maximum absolute atomic E-state index is 5.67. The van der Waals surface area contributed by atoms with Crippen LogP contribution in [0.25, 0.3) is 11.3 Å². The first-order valence-corrected chi connectivity index (χ1v) is 4.51. The molecule has 15 heavy (non-hydrogen) atoms. The largest absolute Gasteiger partial charge is 0.496 e. The second-order valence-corrected chi connectivity index (χ2v) is 3.05. The highest BCUT2D eigenvalue weighted by Crippen LogP contribution is 2.29.